The van der Waals surface area contributed by atoms with Gasteiger partial charge in [-0.3, -0.25) is 4.79 Å². The van der Waals surface area contributed by atoms with Gasteiger partial charge in [0.15, 0.2) is 11.5 Å². The fourth-order valence-electron chi connectivity index (χ4n) is 2.52. The highest BCUT2D eigenvalue weighted by Gasteiger charge is 2.38. The van der Waals surface area contributed by atoms with E-state index in [1.807, 2.05) is 18.2 Å². The third-order valence-corrected chi connectivity index (χ3v) is 3.98. The number of ether oxygens (including phenoxy) is 2. The summed E-state index contributed by atoms with van der Waals surface area (Å²) in [5.41, 5.74) is -0.730. The number of fused-ring (bicyclic) bond motifs is 1. The second-order valence-electron chi connectivity index (χ2n) is 5.60. The summed E-state index contributed by atoms with van der Waals surface area (Å²) in [6, 6.07) is 7.30. The summed E-state index contributed by atoms with van der Waals surface area (Å²) in [7, 11) is 0. The van der Waals surface area contributed by atoms with E-state index < -0.39 is 11.7 Å². The normalized spacial score (nSPS) is 26.5. The third kappa shape index (κ3) is 2.45. The number of amides is 1. The lowest BCUT2D eigenvalue weighted by Gasteiger charge is -2.37. The molecule has 0 spiro atoms. The molecule has 2 N–H and O–H groups in total. The fourth-order valence-corrected chi connectivity index (χ4v) is 2.52. The molecule has 0 bridgehead atoms. The Labute approximate surface area is 117 Å². The quantitative estimate of drug-likeness (QED) is 0.872. The highest BCUT2D eigenvalue weighted by molar-refractivity contribution is 5.82. The van der Waals surface area contributed by atoms with Gasteiger partial charge in [0.25, 0.3) is 5.91 Å². The van der Waals surface area contributed by atoms with Gasteiger partial charge in [-0.15, -0.1) is 0 Å². The Morgan fingerprint density at radius 3 is 2.60 bits per heavy atom. The van der Waals surface area contributed by atoms with Crippen LogP contribution in [0.15, 0.2) is 24.3 Å². The standard InChI is InChI=1S/C15H19NO4/c1-10-13(14(17)16-9-15(18)7-4-8-15)20-12-6-3-2-5-11(12)19-10/h2-3,5-6,10,13,18H,4,7-9H2,1H3,(H,16,17). The van der Waals surface area contributed by atoms with Crippen molar-refractivity contribution in [3.05, 3.63) is 24.3 Å². The number of carbonyl (C=O) groups is 1. The van der Waals surface area contributed by atoms with Crippen molar-refractivity contribution in [3.8, 4) is 11.5 Å². The molecule has 1 amide bonds. The van der Waals surface area contributed by atoms with Crippen LogP contribution in [0, 0.1) is 0 Å². The number of benzene rings is 1. The molecule has 1 aromatic carbocycles. The number of carbonyl (C=O) groups excluding carboxylic acids is 1. The molecule has 2 aliphatic rings. The fraction of sp³-hybridized carbons (Fsp3) is 0.533. The summed E-state index contributed by atoms with van der Waals surface area (Å²) in [4.78, 5) is 12.2. The van der Waals surface area contributed by atoms with Crippen LogP contribution in [-0.2, 0) is 4.79 Å². The average Bonchev–Trinajstić information content (AvgIpc) is 2.42. The second kappa shape index (κ2) is 4.98. The molecule has 20 heavy (non-hydrogen) atoms. The zero-order chi connectivity index (χ0) is 14.2. The first-order valence-electron chi connectivity index (χ1n) is 7.00. The van der Waals surface area contributed by atoms with Gasteiger partial charge in [-0.1, -0.05) is 12.1 Å². The van der Waals surface area contributed by atoms with E-state index >= 15 is 0 Å². The molecule has 1 aromatic rings. The van der Waals surface area contributed by atoms with Crippen molar-refractivity contribution in [2.75, 3.05) is 6.54 Å². The van der Waals surface area contributed by atoms with Gasteiger partial charge in [-0.05, 0) is 38.3 Å². The van der Waals surface area contributed by atoms with Crippen molar-refractivity contribution in [2.24, 2.45) is 0 Å². The number of nitrogens with one attached hydrogen (secondary N) is 1. The minimum absolute atomic E-state index is 0.243. The minimum Gasteiger partial charge on any atom is -0.482 e. The van der Waals surface area contributed by atoms with E-state index in [9.17, 15) is 9.90 Å². The maximum absolute atomic E-state index is 12.2. The Hall–Kier alpha value is -1.75. The van der Waals surface area contributed by atoms with Crippen LogP contribution in [-0.4, -0.2) is 35.4 Å². The van der Waals surface area contributed by atoms with Crippen LogP contribution in [0.2, 0.25) is 0 Å². The third-order valence-electron chi connectivity index (χ3n) is 3.98. The highest BCUT2D eigenvalue weighted by Crippen LogP contribution is 2.34. The van der Waals surface area contributed by atoms with Crippen molar-refractivity contribution in [1.29, 1.82) is 0 Å². The summed E-state index contributed by atoms with van der Waals surface area (Å²) in [5, 5.41) is 12.8. The molecule has 2 atom stereocenters. The first kappa shape index (κ1) is 13.2. The second-order valence-corrected chi connectivity index (χ2v) is 5.60. The van der Waals surface area contributed by atoms with E-state index in [2.05, 4.69) is 5.32 Å². The molecular weight excluding hydrogens is 258 g/mol. The molecule has 0 aromatic heterocycles. The topological polar surface area (TPSA) is 67.8 Å². The van der Waals surface area contributed by atoms with Crippen molar-refractivity contribution in [3.63, 3.8) is 0 Å². The summed E-state index contributed by atoms with van der Waals surface area (Å²) in [5.74, 6) is 0.988. The van der Waals surface area contributed by atoms with Crippen LogP contribution in [0.25, 0.3) is 0 Å². The summed E-state index contributed by atoms with van der Waals surface area (Å²) < 4.78 is 11.4. The van der Waals surface area contributed by atoms with Gasteiger partial charge in [0.05, 0.1) is 5.60 Å². The molecule has 1 saturated carbocycles. The maximum atomic E-state index is 12.2. The predicted molar refractivity (Wildman–Crippen MR) is 72.8 cm³/mol. The zero-order valence-electron chi connectivity index (χ0n) is 11.5. The minimum atomic E-state index is -0.730. The molecule has 5 nitrogen and oxygen atoms in total. The molecule has 1 aliphatic carbocycles. The van der Waals surface area contributed by atoms with E-state index in [1.54, 1.807) is 13.0 Å². The van der Waals surface area contributed by atoms with Crippen molar-refractivity contribution in [1.82, 2.24) is 5.32 Å². The Balaban J connectivity index is 1.63. The van der Waals surface area contributed by atoms with Gasteiger partial charge >= 0.3 is 0 Å². The Bertz CT molecular complexity index is 512. The monoisotopic (exact) mass is 277 g/mol. The molecule has 0 saturated heterocycles. The number of aliphatic hydroxyl groups is 1. The van der Waals surface area contributed by atoms with Gasteiger partial charge < -0.3 is 19.9 Å². The number of para-hydroxylation sites is 2. The van der Waals surface area contributed by atoms with Gasteiger partial charge in [0, 0.05) is 6.54 Å². The van der Waals surface area contributed by atoms with Crippen molar-refractivity contribution < 1.29 is 19.4 Å². The predicted octanol–water partition coefficient (Wildman–Crippen LogP) is 1.25. The average molecular weight is 277 g/mol. The van der Waals surface area contributed by atoms with E-state index in [-0.39, 0.29) is 18.6 Å². The first-order valence-corrected chi connectivity index (χ1v) is 7.00. The summed E-state index contributed by atoms with van der Waals surface area (Å²) >= 11 is 0. The van der Waals surface area contributed by atoms with Crippen LogP contribution in [0.3, 0.4) is 0 Å². The van der Waals surface area contributed by atoms with Gasteiger partial charge in [0.1, 0.15) is 6.10 Å². The number of hydrogen-bond acceptors (Lipinski definition) is 4. The summed E-state index contributed by atoms with van der Waals surface area (Å²) in [6.45, 7) is 2.08. The maximum Gasteiger partial charge on any atom is 0.265 e. The van der Waals surface area contributed by atoms with E-state index in [0.29, 0.717) is 11.5 Å². The van der Waals surface area contributed by atoms with Gasteiger partial charge in [0.2, 0.25) is 6.10 Å². The molecule has 1 heterocycles. The van der Waals surface area contributed by atoms with E-state index in [1.165, 1.54) is 0 Å². The Kier molecular flexibility index (Phi) is 3.30. The van der Waals surface area contributed by atoms with Crippen molar-refractivity contribution in [2.45, 2.75) is 44.0 Å². The van der Waals surface area contributed by atoms with Crippen LogP contribution in [0.5, 0.6) is 11.5 Å². The smallest absolute Gasteiger partial charge is 0.265 e. The Morgan fingerprint density at radius 2 is 2.00 bits per heavy atom. The molecule has 5 heteroatoms. The van der Waals surface area contributed by atoms with Gasteiger partial charge in [-0.25, -0.2) is 0 Å². The first-order chi connectivity index (χ1) is 9.57. The largest absolute Gasteiger partial charge is 0.482 e. The van der Waals surface area contributed by atoms with Crippen molar-refractivity contribution >= 4 is 5.91 Å². The van der Waals surface area contributed by atoms with Crippen LogP contribution < -0.4 is 14.8 Å². The summed E-state index contributed by atoms with van der Waals surface area (Å²) in [6.07, 6.45) is 1.45. The molecule has 108 valence electrons. The molecule has 2 unspecified atom stereocenters. The van der Waals surface area contributed by atoms with Gasteiger partial charge in [-0.2, -0.15) is 0 Å². The number of hydrogen-bond donors (Lipinski definition) is 2. The Morgan fingerprint density at radius 1 is 1.35 bits per heavy atom. The lowest BCUT2D eigenvalue weighted by Crippen LogP contribution is -2.54. The van der Waals surface area contributed by atoms with E-state index in [4.69, 9.17) is 9.47 Å². The zero-order valence-corrected chi connectivity index (χ0v) is 11.5. The molecular formula is C15H19NO4. The van der Waals surface area contributed by atoms with Crippen LogP contribution in [0.1, 0.15) is 26.2 Å². The van der Waals surface area contributed by atoms with Crippen LogP contribution >= 0.6 is 0 Å². The highest BCUT2D eigenvalue weighted by atomic mass is 16.6. The lowest BCUT2D eigenvalue weighted by atomic mass is 9.80. The molecule has 1 fully saturated rings. The van der Waals surface area contributed by atoms with Crippen LogP contribution in [0.4, 0.5) is 0 Å². The molecule has 3 rings (SSSR count). The number of rotatable bonds is 3. The lowest BCUT2D eigenvalue weighted by molar-refractivity contribution is -0.135. The molecule has 1 aliphatic heterocycles. The SMILES string of the molecule is CC1Oc2ccccc2OC1C(=O)NCC1(O)CCC1. The van der Waals surface area contributed by atoms with E-state index in [0.717, 1.165) is 19.3 Å². The molecule has 0 radical (unpaired) electrons.